The molecule has 3 heterocycles. The van der Waals surface area contributed by atoms with Crippen molar-refractivity contribution in [2.45, 2.75) is 32.2 Å². The number of methoxy groups -OCH3 is 2. The average Bonchev–Trinajstić information content (AvgIpc) is 3.14. The summed E-state index contributed by atoms with van der Waals surface area (Å²) in [5.41, 5.74) is 8.49. The Balaban J connectivity index is 1.82. The number of hydrogen-bond donors (Lipinski definition) is 2. The number of hydrogen-bond acceptors (Lipinski definition) is 6. The number of likely N-dealkylation sites (tertiary alicyclic amines) is 1. The Morgan fingerprint density at radius 3 is 2.37 bits per heavy atom. The van der Waals surface area contributed by atoms with Crippen LogP contribution in [0.3, 0.4) is 0 Å². The standard InChI is InChI=1S/C22H31N5O3/c1-13-17(29-3)11-15(12-18(13)30-4)20-19(21(23)28)22-24-8-5-16(27(22)25-20)14-6-9-26(2)10-7-14/h11-12,14,16,24H,5-10H2,1-4H3,(H2,23,28). The summed E-state index contributed by atoms with van der Waals surface area (Å²) in [6.07, 6.45) is 3.25. The summed E-state index contributed by atoms with van der Waals surface area (Å²) in [5, 5.41) is 8.30. The molecule has 1 aromatic carbocycles. The van der Waals surface area contributed by atoms with Gasteiger partial charge in [-0.3, -0.25) is 4.79 Å². The van der Waals surface area contributed by atoms with Crippen LogP contribution in [0, 0.1) is 12.8 Å². The number of primary amides is 1. The summed E-state index contributed by atoms with van der Waals surface area (Å²) >= 11 is 0. The summed E-state index contributed by atoms with van der Waals surface area (Å²) in [6, 6.07) is 4.04. The SMILES string of the molecule is COc1cc(-c2nn3c(c2C(N)=O)NCCC3C2CCN(C)CC2)cc(OC)c1C. The van der Waals surface area contributed by atoms with E-state index in [1.54, 1.807) is 14.2 Å². The molecule has 3 N–H and O–H groups in total. The zero-order chi connectivity index (χ0) is 21.4. The Morgan fingerprint density at radius 1 is 1.17 bits per heavy atom. The highest BCUT2D eigenvalue weighted by atomic mass is 16.5. The van der Waals surface area contributed by atoms with Crippen LogP contribution in [-0.2, 0) is 0 Å². The number of anilines is 1. The summed E-state index contributed by atoms with van der Waals surface area (Å²) in [5.74, 6) is 2.15. The highest BCUT2D eigenvalue weighted by Crippen LogP contribution is 2.41. The Morgan fingerprint density at radius 2 is 1.80 bits per heavy atom. The summed E-state index contributed by atoms with van der Waals surface area (Å²) in [4.78, 5) is 14.9. The Kier molecular flexibility index (Phi) is 5.60. The van der Waals surface area contributed by atoms with E-state index in [1.807, 2.05) is 23.7 Å². The van der Waals surface area contributed by atoms with Gasteiger partial charge in [-0.05, 0) is 64.4 Å². The van der Waals surface area contributed by atoms with Gasteiger partial charge in [0.2, 0.25) is 0 Å². The fourth-order valence-electron chi connectivity index (χ4n) is 4.81. The van der Waals surface area contributed by atoms with E-state index >= 15 is 0 Å². The van der Waals surface area contributed by atoms with Crippen molar-refractivity contribution in [3.63, 3.8) is 0 Å². The van der Waals surface area contributed by atoms with Crippen LogP contribution >= 0.6 is 0 Å². The summed E-state index contributed by atoms with van der Waals surface area (Å²) < 4.78 is 13.1. The van der Waals surface area contributed by atoms with E-state index in [9.17, 15) is 4.79 Å². The van der Waals surface area contributed by atoms with Gasteiger partial charge in [-0.15, -0.1) is 0 Å². The molecule has 2 aromatic rings. The quantitative estimate of drug-likeness (QED) is 0.783. The molecule has 1 unspecified atom stereocenters. The molecule has 1 amide bonds. The Labute approximate surface area is 177 Å². The van der Waals surface area contributed by atoms with Crippen molar-refractivity contribution < 1.29 is 14.3 Å². The summed E-state index contributed by atoms with van der Waals surface area (Å²) in [6.45, 7) is 4.93. The van der Waals surface area contributed by atoms with Crippen LogP contribution in [0.2, 0.25) is 0 Å². The molecule has 0 saturated carbocycles. The molecule has 0 bridgehead atoms. The zero-order valence-electron chi connectivity index (χ0n) is 18.2. The number of aromatic nitrogens is 2. The second-order valence-electron chi connectivity index (χ2n) is 8.31. The van der Waals surface area contributed by atoms with Crippen molar-refractivity contribution >= 4 is 11.7 Å². The number of fused-ring (bicyclic) bond motifs is 1. The van der Waals surface area contributed by atoms with Crippen LogP contribution in [-0.4, -0.2) is 61.5 Å². The van der Waals surface area contributed by atoms with Crippen LogP contribution in [0.25, 0.3) is 11.3 Å². The molecule has 0 aliphatic carbocycles. The smallest absolute Gasteiger partial charge is 0.254 e. The number of piperidine rings is 1. The highest BCUT2D eigenvalue weighted by Gasteiger charge is 2.35. The minimum Gasteiger partial charge on any atom is -0.496 e. The third-order valence-corrected chi connectivity index (χ3v) is 6.54. The number of rotatable bonds is 5. The lowest BCUT2D eigenvalue weighted by Gasteiger charge is -2.37. The molecule has 30 heavy (non-hydrogen) atoms. The maximum Gasteiger partial charge on any atom is 0.254 e. The molecule has 1 fully saturated rings. The number of nitrogens with one attached hydrogen (secondary N) is 1. The molecule has 1 atom stereocenters. The molecule has 0 radical (unpaired) electrons. The van der Waals surface area contributed by atoms with Gasteiger partial charge in [-0.1, -0.05) is 0 Å². The number of nitrogens with zero attached hydrogens (tertiary/aromatic N) is 3. The van der Waals surface area contributed by atoms with Gasteiger partial charge in [0.15, 0.2) is 0 Å². The molecule has 8 heteroatoms. The lowest BCUT2D eigenvalue weighted by Crippen LogP contribution is -2.37. The van der Waals surface area contributed by atoms with E-state index in [2.05, 4.69) is 17.3 Å². The van der Waals surface area contributed by atoms with Gasteiger partial charge >= 0.3 is 0 Å². The number of benzene rings is 1. The van der Waals surface area contributed by atoms with Crippen LogP contribution in [0.4, 0.5) is 5.82 Å². The number of carbonyl (C=O) groups is 1. The number of carbonyl (C=O) groups excluding carboxylic acids is 1. The van der Waals surface area contributed by atoms with E-state index in [1.165, 1.54) is 0 Å². The van der Waals surface area contributed by atoms with Crippen molar-refractivity contribution in [1.29, 1.82) is 0 Å². The molecule has 2 aliphatic heterocycles. The van der Waals surface area contributed by atoms with Gasteiger partial charge in [0.25, 0.3) is 5.91 Å². The van der Waals surface area contributed by atoms with Gasteiger partial charge in [0, 0.05) is 17.7 Å². The molecule has 0 spiro atoms. The first-order chi connectivity index (χ1) is 14.4. The molecular weight excluding hydrogens is 382 g/mol. The molecule has 4 rings (SSSR count). The van der Waals surface area contributed by atoms with Crippen molar-refractivity contribution in [3.8, 4) is 22.8 Å². The number of nitrogens with two attached hydrogens (primary N) is 1. The Bertz CT molecular complexity index is 921. The van der Waals surface area contributed by atoms with Crippen LogP contribution in [0.5, 0.6) is 11.5 Å². The van der Waals surface area contributed by atoms with Gasteiger partial charge in [-0.2, -0.15) is 5.10 Å². The first-order valence-electron chi connectivity index (χ1n) is 10.5. The maximum absolute atomic E-state index is 12.5. The second-order valence-corrected chi connectivity index (χ2v) is 8.31. The molecule has 1 aromatic heterocycles. The fourth-order valence-corrected chi connectivity index (χ4v) is 4.81. The topological polar surface area (TPSA) is 94.6 Å². The third-order valence-electron chi connectivity index (χ3n) is 6.54. The molecule has 2 aliphatic rings. The van der Waals surface area contributed by atoms with E-state index in [0.717, 1.165) is 55.8 Å². The number of ether oxygens (including phenoxy) is 2. The van der Waals surface area contributed by atoms with Gasteiger partial charge < -0.3 is 25.4 Å². The summed E-state index contributed by atoms with van der Waals surface area (Å²) in [7, 11) is 5.41. The van der Waals surface area contributed by atoms with E-state index in [4.69, 9.17) is 20.3 Å². The lowest BCUT2D eigenvalue weighted by atomic mass is 9.87. The van der Waals surface area contributed by atoms with Crippen molar-refractivity contribution in [3.05, 3.63) is 23.3 Å². The predicted octanol–water partition coefficient (Wildman–Crippen LogP) is 2.67. The number of amides is 1. The minimum atomic E-state index is -0.485. The lowest BCUT2D eigenvalue weighted by molar-refractivity contribution is 0.100. The Hall–Kier alpha value is -2.74. The molecule has 8 nitrogen and oxygen atoms in total. The second kappa shape index (κ2) is 8.18. The maximum atomic E-state index is 12.5. The first kappa shape index (κ1) is 20.5. The van der Waals surface area contributed by atoms with E-state index < -0.39 is 5.91 Å². The van der Waals surface area contributed by atoms with Gasteiger partial charge in [-0.25, -0.2) is 4.68 Å². The normalized spacial score (nSPS) is 19.8. The predicted molar refractivity (Wildman–Crippen MR) is 116 cm³/mol. The molecule has 1 saturated heterocycles. The highest BCUT2D eigenvalue weighted by molar-refractivity contribution is 6.04. The van der Waals surface area contributed by atoms with Gasteiger partial charge in [0.05, 0.1) is 20.3 Å². The first-order valence-corrected chi connectivity index (χ1v) is 10.5. The van der Waals surface area contributed by atoms with E-state index in [-0.39, 0.29) is 6.04 Å². The monoisotopic (exact) mass is 413 g/mol. The van der Waals surface area contributed by atoms with Crippen LogP contribution in [0.1, 0.15) is 41.2 Å². The fraction of sp³-hybridized carbons (Fsp3) is 0.545. The molecular formula is C22H31N5O3. The third kappa shape index (κ3) is 3.49. The van der Waals surface area contributed by atoms with Crippen LogP contribution in [0.15, 0.2) is 12.1 Å². The average molecular weight is 414 g/mol. The van der Waals surface area contributed by atoms with Crippen molar-refractivity contribution in [2.24, 2.45) is 11.7 Å². The zero-order valence-corrected chi connectivity index (χ0v) is 18.2. The largest absolute Gasteiger partial charge is 0.496 e. The van der Waals surface area contributed by atoms with Crippen LogP contribution < -0.4 is 20.5 Å². The van der Waals surface area contributed by atoms with Gasteiger partial charge in [0.1, 0.15) is 28.6 Å². The minimum absolute atomic E-state index is 0.260. The van der Waals surface area contributed by atoms with Crippen molar-refractivity contribution in [2.75, 3.05) is 46.2 Å². The van der Waals surface area contributed by atoms with E-state index in [0.29, 0.717) is 28.7 Å². The molecule has 162 valence electrons. The van der Waals surface area contributed by atoms with Crippen molar-refractivity contribution in [1.82, 2.24) is 14.7 Å².